The zero-order chi connectivity index (χ0) is 19.8. The first kappa shape index (κ1) is 18.2. The highest BCUT2D eigenvalue weighted by atomic mass is 16.3. The van der Waals surface area contributed by atoms with E-state index in [9.17, 15) is 9.90 Å². The molecule has 0 atom stereocenters. The van der Waals surface area contributed by atoms with Crippen molar-refractivity contribution >= 4 is 22.9 Å². The number of piperazine rings is 1. The number of aromatic hydroxyl groups is 1. The molecular formula is C20H24N6O2. The number of anilines is 2. The van der Waals surface area contributed by atoms with E-state index in [0.717, 1.165) is 48.5 Å². The minimum absolute atomic E-state index is 0.0232. The Morgan fingerprint density at radius 1 is 1.18 bits per heavy atom. The number of phenols is 1. The number of hydrogen-bond acceptors (Lipinski definition) is 6. The van der Waals surface area contributed by atoms with E-state index in [1.165, 1.54) is 6.33 Å². The molecule has 28 heavy (non-hydrogen) atoms. The van der Waals surface area contributed by atoms with Crippen LogP contribution >= 0.6 is 0 Å². The smallest absolute Gasteiger partial charge is 0.255 e. The lowest BCUT2D eigenvalue weighted by molar-refractivity contribution is 0.0663. The molecule has 0 radical (unpaired) electrons. The molecule has 1 amide bonds. The number of phenolic OH excluding ortho intramolecular Hbond substituents is 1. The maximum atomic E-state index is 13.0. The van der Waals surface area contributed by atoms with Crippen molar-refractivity contribution in [3.05, 3.63) is 47.4 Å². The van der Waals surface area contributed by atoms with Gasteiger partial charge in [-0.2, -0.15) is 5.10 Å². The number of rotatable bonds is 3. The van der Waals surface area contributed by atoms with Crippen molar-refractivity contribution in [2.75, 3.05) is 38.5 Å². The van der Waals surface area contributed by atoms with Crippen LogP contribution in [0.2, 0.25) is 0 Å². The van der Waals surface area contributed by atoms with Crippen molar-refractivity contribution in [1.82, 2.24) is 24.4 Å². The molecule has 3 heterocycles. The van der Waals surface area contributed by atoms with Gasteiger partial charge in [-0.3, -0.25) is 4.79 Å². The van der Waals surface area contributed by atoms with Gasteiger partial charge in [-0.25, -0.2) is 9.50 Å². The minimum Gasteiger partial charge on any atom is -0.508 e. The second-order valence-electron chi connectivity index (χ2n) is 7.29. The van der Waals surface area contributed by atoms with Crippen LogP contribution in [-0.4, -0.2) is 68.6 Å². The molecule has 4 rings (SSSR count). The van der Waals surface area contributed by atoms with Crippen LogP contribution in [0.1, 0.15) is 21.5 Å². The summed E-state index contributed by atoms with van der Waals surface area (Å²) in [6, 6.07) is 5.37. The predicted molar refractivity (Wildman–Crippen MR) is 107 cm³/mol. The summed E-state index contributed by atoms with van der Waals surface area (Å²) in [5.74, 6) is 0.830. The molecule has 0 unspecified atom stereocenters. The Morgan fingerprint density at radius 3 is 2.64 bits per heavy atom. The maximum absolute atomic E-state index is 13.0. The standard InChI is InChI=1S/C20H24N6O2/c1-13-4-5-15(10-17(13)27)23-19-18-14(2)16(11-26(18)22-12-21-19)20(28)25-8-6-24(3)7-9-25/h4-5,10-12,27H,6-9H2,1-3H3,(H,21,22,23). The molecule has 8 heteroatoms. The van der Waals surface area contributed by atoms with Gasteiger partial charge in [-0.05, 0) is 38.1 Å². The Morgan fingerprint density at radius 2 is 1.93 bits per heavy atom. The van der Waals surface area contributed by atoms with Crippen LogP contribution in [0, 0.1) is 13.8 Å². The summed E-state index contributed by atoms with van der Waals surface area (Å²) in [7, 11) is 2.07. The lowest BCUT2D eigenvalue weighted by Crippen LogP contribution is -2.47. The number of carbonyl (C=O) groups is 1. The zero-order valence-electron chi connectivity index (χ0n) is 16.3. The third kappa shape index (κ3) is 3.27. The van der Waals surface area contributed by atoms with E-state index in [0.29, 0.717) is 11.4 Å². The summed E-state index contributed by atoms with van der Waals surface area (Å²) in [4.78, 5) is 21.5. The monoisotopic (exact) mass is 380 g/mol. The van der Waals surface area contributed by atoms with Gasteiger partial charge >= 0.3 is 0 Å². The van der Waals surface area contributed by atoms with Gasteiger partial charge in [0.1, 0.15) is 17.6 Å². The minimum atomic E-state index is 0.0232. The Bertz CT molecular complexity index is 1040. The van der Waals surface area contributed by atoms with Crippen LogP contribution in [0.25, 0.3) is 5.52 Å². The van der Waals surface area contributed by atoms with Crippen molar-refractivity contribution in [3.63, 3.8) is 0 Å². The number of carbonyl (C=O) groups excluding carboxylic acids is 1. The number of aromatic nitrogens is 3. The van der Waals surface area contributed by atoms with E-state index >= 15 is 0 Å². The maximum Gasteiger partial charge on any atom is 0.255 e. The van der Waals surface area contributed by atoms with Gasteiger partial charge in [0.05, 0.1) is 5.56 Å². The highest BCUT2D eigenvalue weighted by molar-refractivity contribution is 5.99. The van der Waals surface area contributed by atoms with Crippen LogP contribution in [0.4, 0.5) is 11.5 Å². The molecule has 1 aromatic carbocycles. The van der Waals surface area contributed by atoms with E-state index in [4.69, 9.17) is 0 Å². The highest BCUT2D eigenvalue weighted by Gasteiger charge is 2.25. The number of hydrogen-bond donors (Lipinski definition) is 2. The van der Waals surface area contributed by atoms with Crippen molar-refractivity contribution in [1.29, 1.82) is 0 Å². The molecule has 3 aromatic rings. The highest BCUT2D eigenvalue weighted by Crippen LogP contribution is 2.28. The molecule has 1 fully saturated rings. The fraction of sp³-hybridized carbons (Fsp3) is 0.350. The molecule has 8 nitrogen and oxygen atoms in total. The first-order valence-corrected chi connectivity index (χ1v) is 9.31. The SMILES string of the molecule is Cc1ccc(Nc2ncnn3cc(C(=O)N4CCN(C)CC4)c(C)c23)cc1O. The molecule has 0 spiro atoms. The summed E-state index contributed by atoms with van der Waals surface area (Å²) in [5.41, 5.74) is 3.75. The van der Waals surface area contributed by atoms with Crippen molar-refractivity contribution in [2.24, 2.45) is 0 Å². The molecule has 146 valence electrons. The molecule has 1 saturated heterocycles. The average molecular weight is 380 g/mol. The number of fused-ring (bicyclic) bond motifs is 1. The molecule has 0 bridgehead atoms. The number of amides is 1. The zero-order valence-corrected chi connectivity index (χ0v) is 16.3. The second-order valence-corrected chi connectivity index (χ2v) is 7.29. The number of benzene rings is 1. The lowest BCUT2D eigenvalue weighted by atomic mass is 10.1. The first-order chi connectivity index (χ1) is 13.4. The van der Waals surface area contributed by atoms with Crippen LogP contribution in [-0.2, 0) is 0 Å². The van der Waals surface area contributed by atoms with Gasteiger partial charge in [0.15, 0.2) is 5.82 Å². The van der Waals surface area contributed by atoms with Gasteiger partial charge in [-0.1, -0.05) is 6.07 Å². The number of likely N-dealkylation sites (N-methyl/N-ethyl adjacent to an activating group) is 1. The van der Waals surface area contributed by atoms with Gasteiger partial charge in [0.2, 0.25) is 0 Å². The van der Waals surface area contributed by atoms with E-state index in [1.54, 1.807) is 16.8 Å². The molecule has 0 aliphatic carbocycles. The normalized spacial score (nSPS) is 15.2. The van der Waals surface area contributed by atoms with Crippen molar-refractivity contribution in [3.8, 4) is 5.75 Å². The largest absolute Gasteiger partial charge is 0.508 e. The fourth-order valence-corrected chi connectivity index (χ4v) is 3.47. The Labute approximate surface area is 163 Å². The number of nitrogens with one attached hydrogen (secondary N) is 1. The topological polar surface area (TPSA) is 86.0 Å². The summed E-state index contributed by atoms with van der Waals surface area (Å²) >= 11 is 0. The number of nitrogens with zero attached hydrogens (tertiary/aromatic N) is 5. The van der Waals surface area contributed by atoms with E-state index in [2.05, 4.69) is 27.3 Å². The van der Waals surface area contributed by atoms with Crippen LogP contribution in [0.5, 0.6) is 5.75 Å². The summed E-state index contributed by atoms with van der Waals surface area (Å²) < 4.78 is 1.68. The third-order valence-electron chi connectivity index (χ3n) is 5.32. The summed E-state index contributed by atoms with van der Waals surface area (Å²) in [6.45, 7) is 6.96. The molecule has 2 aromatic heterocycles. The van der Waals surface area contributed by atoms with Gasteiger partial charge in [0.25, 0.3) is 5.91 Å². The van der Waals surface area contributed by atoms with Gasteiger partial charge in [0, 0.05) is 44.1 Å². The predicted octanol–water partition coefficient (Wildman–Crippen LogP) is 2.18. The third-order valence-corrected chi connectivity index (χ3v) is 5.32. The van der Waals surface area contributed by atoms with Gasteiger partial charge in [-0.15, -0.1) is 0 Å². The van der Waals surface area contributed by atoms with Crippen molar-refractivity contribution < 1.29 is 9.90 Å². The molecule has 1 aliphatic rings. The van der Waals surface area contributed by atoms with Gasteiger partial charge < -0.3 is 20.2 Å². The van der Waals surface area contributed by atoms with E-state index in [-0.39, 0.29) is 11.7 Å². The van der Waals surface area contributed by atoms with Crippen LogP contribution < -0.4 is 5.32 Å². The second kappa shape index (κ2) is 7.12. The van der Waals surface area contributed by atoms with E-state index < -0.39 is 0 Å². The Hall–Kier alpha value is -3.13. The van der Waals surface area contributed by atoms with Crippen LogP contribution in [0.15, 0.2) is 30.7 Å². The quantitative estimate of drug-likeness (QED) is 0.724. The molecule has 0 saturated carbocycles. The Kier molecular flexibility index (Phi) is 4.64. The molecule has 2 N–H and O–H groups in total. The average Bonchev–Trinajstić information content (AvgIpc) is 3.02. The fourth-order valence-electron chi connectivity index (χ4n) is 3.47. The number of aryl methyl sites for hydroxylation is 2. The first-order valence-electron chi connectivity index (χ1n) is 9.31. The molecule has 1 aliphatic heterocycles. The van der Waals surface area contributed by atoms with Crippen LogP contribution in [0.3, 0.4) is 0 Å². The Balaban J connectivity index is 1.68. The lowest BCUT2D eigenvalue weighted by Gasteiger charge is -2.32. The van der Waals surface area contributed by atoms with Crippen molar-refractivity contribution in [2.45, 2.75) is 13.8 Å². The summed E-state index contributed by atoms with van der Waals surface area (Å²) in [6.07, 6.45) is 3.22. The summed E-state index contributed by atoms with van der Waals surface area (Å²) in [5, 5.41) is 17.5. The molecular weight excluding hydrogens is 356 g/mol. The van der Waals surface area contributed by atoms with E-state index in [1.807, 2.05) is 30.9 Å².